The number of unbranched alkanes of at least 4 members (excludes halogenated alkanes) is 1. The Labute approximate surface area is 138 Å². The van der Waals surface area contributed by atoms with E-state index in [1.807, 2.05) is 26.0 Å². The van der Waals surface area contributed by atoms with Gasteiger partial charge in [0.1, 0.15) is 5.75 Å². The van der Waals surface area contributed by atoms with Crippen LogP contribution in [0.4, 0.5) is 0 Å². The molecule has 0 aliphatic rings. The molecule has 23 heavy (non-hydrogen) atoms. The number of carboxylic acid groups (broad SMARTS) is 1. The zero-order valence-corrected chi connectivity index (χ0v) is 14.0. The summed E-state index contributed by atoms with van der Waals surface area (Å²) in [5.41, 5.74) is 0.672. The van der Waals surface area contributed by atoms with E-state index in [2.05, 4.69) is 12.1 Å². The van der Waals surface area contributed by atoms with Gasteiger partial charge in [0.05, 0.1) is 5.41 Å². The highest BCUT2D eigenvalue weighted by molar-refractivity contribution is 5.84. The lowest BCUT2D eigenvalue weighted by atomic mass is 9.80. The zero-order valence-electron chi connectivity index (χ0n) is 14.0. The fraction of sp³-hybridized carbons (Fsp3) is 0.450. The number of carboxylic acids is 1. The quantitative estimate of drug-likeness (QED) is 0.662. The van der Waals surface area contributed by atoms with Crippen LogP contribution in [0.25, 0.3) is 10.8 Å². The van der Waals surface area contributed by atoms with Crippen LogP contribution in [0.2, 0.25) is 0 Å². The molecular formula is C20H26O3. The van der Waals surface area contributed by atoms with Gasteiger partial charge >= 0.3 is 5.97 Å². The average molecular weight is 314 g/mol. The Balaban J connectivity index is 1.91. The fourth-order valence-corrected chi connectivity index (χ4v) is 3.17. The molecule has 0 aliphatic carbocycles. The van der Waals surface area contributed by atoms with Crippen LogP contribution >= 0.6 is 0 Å². The van der Waals surface area contributed by atoms with Crippen molar-refractivity contribution < 1.29 is 15.0 Å². The number of fused-ring (bicyclic) bond motifs is 1. The molecule has 2 aromatic carbocycles. The molecule has 0 saturated heterocycles. The lowest BCUT2D eigenvalue weighted by Gasteiger charge is -2.24. The SMILES string of the molecule is CCCC(C)(CCCCc1ccc2cc(O)ccc2c1)C(=O)O. The van der Waals surface area contributed by atoms with Crippen molar-refractivity contribution in [3.63, 3.8) is 0 Å². The first-order valence-electron chi connectivity index (χ1n) is 8.40. The Hall–Kier alpha value is -2.03. The first-order valence-corrected chi connectivity index (χ1v) is 8.40. The van der Waals surface area contributed by atoms with Gasteiger partial charge in [0.2, 0.25) is 0 Å². The van der Waals surface area contributed by atoms with Gasteiger partial charge < -0.3 is 10.2 Å². The van der Waals surface area contributed by atoms with Gasteiger partial charge in [0.25, 0.3) is 0 Å². The van der Waals surface area contributed by atoms with Crippen LogP contribution in [-0.4, -0.2) is 16.2 Å². The maximum Gasteiger partial charge on any atom is 0.309 e. The molecule has 0 aliphatic heterocycles. The van der Waals surface area contributed by atoms with Gasteiger partial charge in [-0.1, -0.05) is 44.0 Å². The number of rotatable bonds is 8. The van der Waals surface area contributed by atoms with Crippen LogP contribution < -0.4 is 0 Å². The van der Waals surface area contributed by atoms with Gasteiger partial charge in [-0.15, -0.1) is 0 Å². The smallest absolute Gasteiger partial charge is 0.309 e. The van der Waals surface area contributed by atoms with Gasteiger partial charge in [-0.05, 0) is 61.1 Å². The van der Waals surface area contributed by atoms with Crippen LogP contribution in [0.3, 0.4) is 0 Å². The first kappa shape index (κ1) is 17.3. The summed E-state index contributed by atoms with van der Waals surface area (Å²) in [6.07, 6.45) is 5.25. The number of hydrogen-bond donors (Lipinski definition) is 2. The molecule has 124 valence electrons. The van der Waals surface area contributed by atoms with Crippen molar-refractivity contribution in [2.24, 2.45) is 5.41 Å². The Morgan fingerprint density at radius 3 is 2.43 bits per heavy atom. The van der Waals surface area contributed by atoms with E-state index in [4.69, 9.17) is 0 Å². The number of aromatic hydroxyl groups is 1. The van der Waals surface area contributed by atoms with Crippen molar-refractivity contribution in [1.82, 2.24) is 0 Å². The van der Waals surface area contributed by atoms with Crippen LogP contribution in [-0.2, 0) is 11.2 Å². The Kier molecular flexibility index (Phi) is 5.64. The third-order valence-corrected chi connectivity index (χ3v) is 4.65. The van der Waals surface area contributed by atoms with E-state index in [1.165, 1.54) is 5.56 Å². The predicted octanol–water partition coefficient (Wildman–Crippen LogP) is 5.15. The molecule has 2 N–H and O–H groups in total. The van der Waals surface area contributed by atoms with E-state index in [9.17, 15) is 15.0 Å². The minimum absolute atomic E-state index is 0.286. The minimum atomic E-state index is -0.676. The molecular weight excluding hydrogens is 288 g/mol. The van der Waals surface area contributed by atoms with E-state index < -0.39 is 11.4 Å². The first-order chi connectivity index (χ1) is 10.9. The molecule has 2 rings (SSSR count). The van der Waals surface area contributed by atoms with Gasteiger partial charge in [0, 0.05) is 0 Å². The summed E-state index contributed by atoms with van der Waals surface area (Å²) < 4.78 is 0. The predicted molar refractivity (Wildman–Crippen MR) is 93.8 cm³/mol. The number of phenolic OH excluding ortho intramolecular Hbond substituents is 1. The second-order valence-corrected chi connectivity index (χ2v) is 6.69. The number of phenols is 1. The van der Waals surface area contributed by atoms with Gasteiger partial charge in [-0.3, -0.25) is 4.79 Å². The molecule has 0 bridgehead atoms. The lowest BCUT2D eigenvalue weighted by molar-refractivity contribution is -0.148. The standard InChI is InChI=1S/C20H26O3/c1-3-11-20(2,19(22)23)12-5-4-6-15-7-8-17-14-18(21)10-9-16(17)13-15/h7-10,13-14,21H,3-6,11-12H2,1-2H3,(H,22,23). The van der Waals surface area contributed by atoms with Crippen molar-refractivity contribution in [1.29, 1.82) is 0 Å². The topological polar surface area (TPSA) is 57.5 Å². The number of carbonyl (C=O) groups is 1. The fourth-order valence-electron chi connectivity index (χ4n) is 3.17. The second kappa shape index (κ2) is 7.49. The summed E-state index contributed by atoms with van der Waals surface area (Å²) in [6.45, 7) is 3.90. The van der Waals surface area contributed by atoms with Crippen molar-refractivity contribution in [2.75, 3.05) is 0 Å². The van der Waals surface area contributed by atoms with Gasteiger partial charge in [-0.25, -0.2) is 0 Å². The highest BCUT2D eigenvalue weighted by Gasteiger charge is 2.31. The number of aliphatic carboxylic acids is 1. The minimum Gasteiger partial charge on any atom is -0.508 e. The number of hydrogen-bond acceptors (Lipinski definition) is 2. The monoisotopic (exact) mass is 314 g/mol. The van der Waals surface area contributed by atoms with Gasteiger partial charge in [-0.2, -0.15) is 0 Å². The molecule has 0 amide bonds. The molecule has 0 saturated carbocycles. The molecule has 0 aromatic heterocycles. The number of aryl methyl sites for hydroxylation is 1. The summed E-state index contributed by atoms with van der Waals surface area (Å²) in [5, 5.41) is 21.1. The second-order valence-electron chi connectivity index (χ2n) is 6.69. The van der Waals surface area contributed by atoms with Crippen molar-refractivity contribution >= 4 is 16.7 Å². The van der Waals surface area contributed by atoms with Crippen LogP contribution in [0.1, 0.15) is 51.5 Å². The summed E-state index contributed by atoms with van der Waals surface area (Å²) in [7, 11) is 0. The summed E-state index contributed by atoms with van der Waals surface area (Å²) in [4.78, 5) is 11.4. The summed E-state index contributed by atoms with van der Waals surface area (Å²) >= 11 is 0. The maximum atomic E-state index is 11.4. The van der Waals surface area contributed by atoms with E-state index >= 15 is 0 Å². The maximum absolute atomic E-state index is 11.4. The molecule has 3 heteroatoms. The normalized spacial score (nSPS) is 13.8. The van der Waals surface area contributed by atoms with E-state index in [0.29, 0.717) is 0 Å². The Morgan fingerprint density at radius 1 is 1.04 bits per heavy atom. The van der Waals surface area contributed by atoms with Crippen molar-refractivity contribution in [3.8, 4) is 5.75 Å². The average Bonchev–Trinajstić information content (AvgIpc) is 2.51. The Bertz CT molecular complexity index is 678. The molecule has 0 fully saturated rings. The van der Waals surface area contributed by atoms with E-state index in [1.54, 1.807) is 12.1 Å². The third-order valence-electron chi connectivity index (χ3n) is 4.65. The van der Waals surface area contributed by atoms with Gasteiger partial charge in [0.15, 0.2) is 0 Å². The molecule has 0 spiro atoms. The van der Waals surface area contributed by atoms with Crippen LogP contribution in [0, 0.1) is 5.41 Å². The Morgan fingerprint density at radius 2 is 1.74 bits per heavy atom. The summed E-state index contributed by atoms with van der Waals surface area (Å²) in [6, 6.07) is 11.7. The molecule has 1 unspecified atom stereocenters. The molecule has 0 radical (unpaired) electrons. The van der Waals surface area contributed by atoms with Crippen LogP contribution in [0.15, 0.2) is 36.4 Å². The van der Waals surface area contributed by atoms with E-state index in [0.717, 1.165) is 49.3 Å². The van der Waals surface area contributed by atoms with Crippen LogP contribution in [0.5, 0.6) is 5.75 Å². The highest BCUT2D eigenvalue weighted by atomic mass is 16.4. The molecule has 3 nitrogen and oxygen atoms in total. The number of benzene rings is 2. The zero-order chi connectivity index (χ0) is 16.9. The molecule has 1 atom stereocenters. The molecule has 0 heterocycles. The molecule has 2 aromatic rings. The largest absolute Gasteiger partial charge is 0.508 e. The highest BCUT2D eigenvalue weighted by Crippen LogP contribution is 2.30. The lowest BCUT2D eigenvalue weighted by Crippen LogP contribution is -2.27. The summed E-state index contributed by atoms with van der Waals surface area (Å²) in [5.74, 6) is -0.390. The van der Waals surface area contributed by atoms with Crippen molar-refractivity contribution in [3.05, 3.63) is 42.0 Å². The third kappa shape index (κ3) is 4.47. The van der Waals surface area contributed by atoms with Crippen molar-refractivity contribution in [2.45, 2.75) is 52.4 Å². The van der Waals surface area contributed by atoms with E-state index in [-0.39, 0.29) is 5.75 Å².